The van der Waals surface area contributed by atoms with E-state index in [0.29, 0.717) is 35.5 Å². The molecule has 2 heterocycles. The zero-order chi connectivity index (χ0) is 24.8. The largest absolute Gasteiger partial charge is 0.506 e. The first-order valence-corrected chi connectivity index (χ1v) is 11.7. The van der Waals surface area contributed by atoms with Gasteiger partial charge in [-0.05, 0) is 48.4 Å². The molecule has 178 valence electrons. The summed E-state index contributed by atoms with van der Waals surface area (Å²) in [7, 11) is -3.67. The summed E-state index contributed by atoms with van der Waals surface area (Å²) in [6.07, 6.45) is -2.90. The molecular formula is C22H17F4N3O4S. The number of carbonyl (C=O) groups excluding carboxylic acids is 1. The Bertz CT molecular complexity index is 1410. The highest BCUT2D eigenvalue weighted by Gasteiger charge is 2.32. The Labute approximate surface area is 191 Å². The number of phenolic OH excluding ortho intramolecular Hbond substituents is 1. The van der Waals surface area contributed by atoms with Crippen LogP contribution in [0.5, 0.6) is 5.75 Å². The minimum absolute atomic E-state index is 0.0854. The number of benzene rings is 2. The van der Waals surface area contributed by atoms with Crippen molar-refractivity contribution in [1.82, 2.24) is 4.98 Å². The smallest absolute Gasteiger partial charge is 0.417 e. The maximum Gasteiger partial charge on any atom is 0.417 e. The monoisotopic (exact) mass is 495 g/mol. The molecule has 0 fully saturated rings. The van der Waals surface area contributed by atoms with Crippen LogP contribution in [0.4, 0.5) is 28.9 Å². The highest BCUT2D eigenvalue weighted by molar-refractivity contribution is 7.92. The molecular weight excluding hydrogens is 478 g/mol. The molecule has 1 aliphatic heterocycles. The minimum atomic E-state index is -4.72. The summed E-state index contributed by atoms with van der Waals surface area (Å²) in [6, 6.07) is 8.77. The number of amides is 1. The topological polar surface area (TPSA) is 99.6 Å². The van der Waals surface area contributed by atoms with Gasteiger partial charge in [0.15, 0.2) is 0 Å². The third-order valence-corrected chi connectivity index (χ3v) is 5.81. The van der Waals surface area contributed by atoms with Crippen molar-refractivity contribution in [3.05, 3.63) is 71.2 Å². The number of carbonyl (C=O) groups is 1. The van der Waals surface area contributed by atoms with Crippen LogP contribution in [0.25, 0.3) is 11.3 Å². The maximum absolute atomic E-state index is 14.3. The lowest BCUT2D eigenvalue weighted by Crippen LogP contribution is -2.37. The number of hydrogen-bond donors (Lipinski definition) is 2. The number of fused-ring (bicyclic) bond motifs is 1. The Morgan fingerprint density at radius 1 is 1.12 bits per heavy atom. The highest BCUT2D eigenvalue weighted by Crippen LogP contribution is 2.34. The van der Waals surface area contributed by atoms with Crippen LogP contribution in [0.2, 0.25) is 0 Å². The zero-order valence-corrected chi connectivity index (χ0v) is 18.3. The van der Waals surface area contributed by atoms with Crippen molar-refractivity contribution in [1.29, 1.82) is 0 Å². The number of sulfonamides is 1. The van der Waals surface area contributed by atoms with Crippen molar-refractivity contribution >= 4 is 27.3 Å². The second-order valence-corrected chi connectivity index (χ2v) is 9.46. The van der Waals surface area contributed by atoms with Crippen molar-refractivity contribution in [3.8, 4) is 17.0 Å². The van der Waals surface area contributed by atoms with E-state index in [-0.39, 0.29) is 29.2 Å². The van der Waals surface area contributed by atoms with Gasteiger partial charge in [-0.2, -0.15) is 13.2 Å². The van der Waals surface area contributed by atoms with E-state index in [9.17, 15) is 35.9 Å². The van der Waals surface area contributed by atoms with Gasteiger partial charge in [-0.3, -0.25) is 14.5 Å². The van der Waals surface area contributed by atoms with Crippen LogP contribution in [-0.2, 0) is 22.6 Å². The number of nitrogens with zero attached hydrogens (tertiary/aromatic N) is 2. The van der Waals surface area contributed by atoms with Gasteiger partial charge in [0.25, 0.3) is 5.91 Å². The summed E-state index contributed by atoms with van der Waals surface area (Å²) in [5, 5.41) is 9.91. The highest BCUT2D eigenvalue weighted by atomic mass is 32.2. The molecule has 0 unspecified atom stereocenters. The number of nitrogens with one attached hydrogen (secondary N) is 1. The summed E-state index contributed by atoms with van der Waals surface area (Å²) in [6.45, 7) is 0.196. The van der Waals surface area contributed by atoms with Gasteiger partial charge in [0.1, 0.15) is 17.3 Å². The number of alkyl halides is 3. The van der Waals surface area contributed by atoms with Gasteiger partial charge in [0.2, 0.25) is 10.0 Å². The number of phenols is 1. The molecule has 4 rings (SSSR count). The molecule has 0 radical (unpaired) electrons. The molecule has 0 aliphatic carbocycles. The van der Waals surface area contributed by atoms with E-state index in [1.807, 2.05) is 0 Å². The summed E-state index contributed by atoms with van der Waals surface area (Å²) in [5.74, 6) is -1.85. The van der Waals surface area contributed by atoms with Crippen LogP contribution in [0, 0.1) is 5.82 Å². The van der Waals surface area contributed by atoms with Crippen molar-refractivity contribution in [2.45, 2.75) is 12.6 Å². The molecule has 2 aromatic carbocycles. The number of halogens is 4. The minimum Gasteiger partial charge on any atom is -0.506 e. The molecule has 0 spiro atoms. The van der Waals surface area contributed by atoms with Gasteiger partial charge in [-0.1, -0.05) is 6.07 Å². The number of aromatic nitrogens is 1. The van der Waals surface area contributed by atoms with E-state index in [0.717, 1.165) is 6.26 Å². The van der Waals surface area contributed by atoms with Gasteiger partial charge in [0, 0.05) is 29.6 Å². The lowest BCUT2D eigenvalue weighted by molar-refractivity contribution is -0.138. The summed E-state index contributed by atoms with van der Waals surface area (Å²) < 4.78 is 77.9. The van der Waals surface area contributed by atoms with Crippen molar-refractivity contribution in [2.75, 3.05) is 22.4 Å². The Morgan fingerprint density at radius 3 is 2.50 bits per heavy atom. The quantitative estimate of drug-likeness (QED) is 0.418. The van der Waals surface area contributed by atoms with Gasteiger partial charge in [-0.15, -0.1) is 0 Å². The number of anilines is 2. The van der Waals surface area contributed by atoms with E-state index >= 15 is 0 Å². The first-order valence-electron chi connectivity index (χ1n) is 9.82. The van der Waals surface area contributed by atoms with E-state index in [2.05, 4.69) is 9.71 Å². The van der Waals surface area contributed by atoms with Gasteiger partial charge in [0.05, 0.1) is 17.5 Å². The first-order chi connectivity index (χ1) is 15.8. The molecule has 1 aliphatic rings. The Morgan fingerprint density at radius 2 is 1.85 bits per heavy atom. The molecule has 12 heteroatoms. The van der Waals surface area contributed by atoms with Crippen molar-refractivity contribution < 1.29 is 35.9 Å². The van der Waals surface area contributed by atoms with Gasteiger partial charge >= 0.3 is 6.18 Å². The zero-order valence-electron chi connectivity index (χ0n) is 17.5. The lowest BCUT2D eigenvalue weighted by Gasteiger charge is -2.29. The fraction of sp³-hybridized carbons (Fsp3) is 0.182. The molecule has 1 aromatic heterocycles. The van der Waals surface area contributed by atoms with E-state index in [4.69, 9.17) is 0 Å². The Kier molecular flexibility index (Phi) is 5.72. The predicted octanol–water partition coefficient (Wildman–Crippen LogP) is 4.19. The molecule has 0 saturated heterocycles. The molecule has 0 saturated carbocycles. The van der Waals surface area contributed by atoms with Crippen molar-refractivity contribution in [3.63, 3.8) is 0 Å². The van der Waals surface area contributed by atoms with E-state index in [1.165, 1.54) is 41.3 Å². The van der Waals surface area contributed by atoms with Gasteiger partial charge < -0.3 is 10.0 Å². The molecule has 2 N–H and O–H groups in total. The Hall–Kier alpha value is -3.67. The third kappa shape index (κ3) is 4.67. The standard InChI is InChI=1S/C22H17F4N3O4S/c1-34(32,33)28-18-10-15(3-5-19(18)30)29-7-6-12-8-13(2-4-16(12)21(29)31)20-17(23)9-14(11-27-20)22(24,25)26/h2-5,8-11,28,30H,6-7H2,1H3. The normalized spacial score (nSPS) is 14.1. The summed E-state index contributed by atoms with van der Waals surface area (Å²) in [5.41, 5.74) is -0.106. The number of rotatable bonds is 4. The van der Waals surface area contributed by atoms with Crippen LogP contribution in [0.3, 0.4) is 0 Å². The second-order valence-electron chi connectivity index (χ2n) is 7.71. The van der Waals surface area contributed by atoms with Crippen LogP contribution < -0.4 is 9.62 Å². The lowest BCUT2D eigenvalue weighted by atomic mass is 9.95. The SMILES string of the molecule is CS(=O)(=O)Nc1cc(N2CCc3cc(-c4ncc(C(F)(F)F)cc4F)ccc3C2=O)ccc1O. The van der Waals surface area contributed by atoms with Gasteiger partial charge in [-0.25, -0.2) is 12.8 Å². The van der Waals surface area contributed by atoms with E-state index < -0.39 is 33.5 Å². The van der Waals surface area contributed by atoms with Crippen LogP contribution in [0.1, 0.15) is 21.5 Å². The third-order valence-electron chi connectivity index (χ3n) is 5.21. The maximum atomic E-state index is 14.3. The molecule has 0 atom stereocenters. The molecule has 34 heavy (non-hydrogen) atoms. The summed E-state index contributed by atoms with van der Waals surface area (Å²) in [4.78, 5) is 18.1. The van der Waals surface area contributed by atoms with Crippen molar-refractivity contribution in [2.24, 2.45) is 0 Å². The predicted molar refractivity (Wildman–Crippen MR) is 117 cm³/mol. The second kappa shape index (κ2) is 8.28. The molecule has 3 aromatic rings. The number of hydrogen-bond acceptors (Lipinski definition) is 5. The summed E-state index contributed by atoms with van der Waals surface area (Å²) >= 11 is 0. The first kappa shape index (κ1) is 23.5. The van der Waals surface area contributed by atoms with Crippen LogP contribution in [-0.4, -0.2) is 37.2 Å². The van der Waals surface area contributed by atoms with Crippen LogP contribution >= 0.6 is 0 Å². The number of pyridine rings is 1. The Balaban J connectivity index is 1.64. The average Bonchev–Trinajstić information content (AvgIpc) is 2.74. The molecule has 1 amide bonds. The molecule has 0 bridgehead atoms. The average molecular weight is 495 g/mol. The molecule has 7 nitrogen and oxygen atoms in total. The fourth-order valence-electron chi connectivity index (χ4n) is 3.66. The fourth-order valence-corrected chi connectivity index (χ4v) is 4.22. The number of aromatic hydroxyl groups is 1. The van der Waals surface area contributed by atoms with Crippen LogP contribution in [0.15, 0.2) is 48.7 Å². The van der Waals surface area contributed by atoms with E-state index in [1.54, 1.807) is 0 Å².